The Bertz CT molecular complexity index is 881. The molecule has 0 saturated carbocycles. The summed E-state index contributed by atoms with van der Waals surface area (Å²) in [5, 5.41) is 3.23. The van der Waals surface area contributed by atoms with E-state index in [4.69, 9.17) is 10.5 Å². The SMILES string of the molecule is CN(C)CCOc1ccc(Nc2nccc(-c3ccc(CCCN)nc3)n2)cc1. The number of pyridine rings is 1. The molecule has 0 bridgehead atoms. The first-order valence-corrected chi connectivity index (χ1v) is 9.77. The van der Waals surface area contributed by atoms with Crippen LogP contribution in [0.15, 0.2) is 54.9 Å². The van der Waals surface area contributed by atoms with Gasteiger partial charge in [0.2, 0.25) is 5.95 Å². The Morgan fingerprint density at radius 3 is 2.55 bits per heavy atom. The van der Waals surface area contributed by atoms with Crippen LogP contribution in [0.5, 0.6) is 5.75 Å². The first-order valence-electron chi connectivity index (χ1n) is 9.77. The summed E-state index contributed by atoms with van der Waals surface area (Å²) in [7, 11) is 4.05. The molecule has 2 heterocycles. The van der Waals surface area contributed by atoms with Gasteiger partial charge < -0.3 is 20.7 Å². The molecule has 0 unspecified atom stereocenters. The topological polar surface area (TPSA) is 89.2 Å². The Morgan fingerprint density at radius 2 is 1.86 bits per heavy atom. The van der Waals surface area contributed by atoms with Crippen LogP contribution in [0.3, 0.4) is 0 Å². The van der Waals surface area contributed by atoms with Crippen LogP contribution in [0, 0.1) is 0 Å². The number of hydrogen-bond donors (Lipinski definition) is 2. The van der Waals surface area contributed by atoms with E-state index in [2.05, 4.69) is 25.2 Å². The van der Waals surface area contributed by atoms with Crippen molar-refractivity contribution in [2.45, 2.75) is 12.8 Å². The van der Waals surface area contributed by atoms with E-state index in [-0.39, 0.29) is 0 Å². The van der Waals surface area contributed by atoms with Crippen molar-refractivity contribution in [2.75, 3.05) is 39.1 Å². The highest BCUT2D eigenvalue weighted by atomic mass is 16.5. The fraction of sp³-hybridized carbons (Fsp3) is 0.318. The third-order valence-electron chi connectivity index (χ3n) is 4.33. The third-order valence-corrected chi connectivity index (χ3v) is 4.33. The second kappa shape index (κ2) is 10.5. The van der Waals surface area contributed by atoms with Gasteiger partial charge in [-0.2, -0.15) is 0 Å². The molecule has 0 amide bonds. The highest BCUT2D eigenvalue weighted by Crippen LogP contribution is 2.21. The molecule has 3 rings (SSSR count). The highest BCUT2D eigenvalue weighted by Gasteiger charge is 2.05. The van der Waals surface area contributed by atoms with Crippen molar-refractivity contribution < 1.29 is 4.74 Å². The number of benzene rings is 1. The summed E-state index contributed by atoms with van der Waals surface area (Å²) in [6.45, 7) is 2.21. The lowest BCUT2D eigenvalue weighted by molar-refractivity contribution is 0.261. The molecule has 29 heavy (non-hydrogen) atoms. The van der Waals surface area contributed by atoms with E-state index in [1.54, 1.807) is 6.20 Å². The molecule has 3 aromatic rings. The lowest BCUT2D eigenvalue weighted by Gasteiger charge is -2.11. The van der Waals surface area contributed by atoms with Gasteiger partial charge in [0.25, 0.3) is 0 Å². The van der Waals surface area contributed by atoms with Crippen LogP contribution in [-0.2, 0) is 6.42 Å². The Morgan fingerprint density at radius 1 is 1.03 bits per heavy atom. The molecule has 0 saturated heterocycles. The minimum atomic E-state index is 0.538. The zero-order valence-corrected chi connectivity index (χ0v) is 17.0. The Hall–Kier alpha value is -3.03. The molecule has 0 radical (unpaired) electrons. The number of nitrogens with zero attached hydrogens (tertiary/aromatic N) is 4. The standard InChI is InChI=1S/C22H28N6O/c1-28(2)14-15-29-20-9-7-19(8-10-20)26-22-24-13-11-21(27-22)17-5-6-18(25-16-17)4-3-12-23/h5-11,13,16H,3-4,12,14-15,23H2,1-2H3,(H,24,26,27). The fourth-order valence-electron chi connectivity index (χ4n) is 2.70. The van der Waals surface area contributed by atoms with Crippen molar-refractivity contribution in [3.05, 3.63) is 60.6 Å². The van der Waals surface area contributed by atoms with E-state index >= 15 is 0 Å². The molecule has 0 aliphatic heterocycles. The van der Waals surface area contributed by atoms with Gasteiger partial charge in [0, 0.05) is 35.9 Å². The van der Waals surface area contributed by atoms with Crippen molar-refractivity contribution in [2.24, 2.45) is 5.73 Å². The first kappa shape index (κ1) is 20.7. The van der Waals surface area contributed by atoms with E-state index in [1.165, 1.54) is 0 Å². The maximum atomic E-state index is 5.72. The van der Waals surface area contributed by atoms with E-state index in [9.17, 15) is 0 Å². The van der Waals surface area contributed by atoms with E-state index < -0.39 is 0 Å². The van der Waals surface area contributed by atoms with Gasteiger partial charge in [0.05, 0.1) is 5.69 Å². The van der Waals surface area contributed by atoms with Crippen LogP contribution in [0.4, 0.5) is 11.6 Å². The van der Waals surface area contributed by atoms with Crippen molar-refractivity contribution in [1.29, 1.82) is 0 Å². The van der Waals surface area contributed by atoms with Crippen LogP contribution < -0.4 is 15.8 Å². The van der Waals surface area contributed by atoms with Gasteiger partial charge in [-0.15, -0.1) is 0 Å². The average molecular weight is 393 g/mol. The predicted octanol–water partition coefficient (Wildman–Crippen LogP) is 3.11. The summed E-state index contributed by atoms with van der Waals surface area (Å²) in [5.74, 6) is 1.38. The van der Waals surface area contributed by atoms with Gasteiger partial charge in [-0.25, -0.2) is 9.97 Å². The number of aryl methyl sites for hydroxylation is 1. The molecule has 3 N–H and O–H groups in total. The maximum absolute atomic E-state index is 5.72. The molecule has 0 atom stereocenters. The molecule has 1 aromatic carbocycles. The molecule has 152 valence electrons. The minimum Gasteiger partial charge on any atom is -0.492 e. The third kappa shape index (κ3) is 6.51. The normalized spacial score (nSPS) is 10.9. The lowest BCUT2D eigenvalue weighted by Crippen LogP contribution is -2.19. The Kier molecular flexibility index (Phi) is 7.49. The number of aromatic nitrogens is 3. The van der Waals surface area contributed by atoms with Crippen LogP contribution in [0.25, 0.3) is 11.3 Å². The molecule has 7 heteroatoms. The van der Waals surface area contributed by atoms with Crippen molar-refractivity contribution in [1.82, 2.24) is 19.9 Å². The zero-order valence-electron chi connectivity index (χ0n) is 17.0. The number of nitrogens with two attached hydrogens (primary N) is 1. The zero-order chi connectivity index (χ0) is 20.5. The van der Waals surface area contributed by atoms with Crippen LogP contribution >= 0.6 is 0 Å². The molecule has 0 aliphatic carbocycles. The van der Waals surface area contributed by atoms with E-state index in [0.717, 1.165) is 47.8 Å². The number of anilines is 2. The van der Waals surface area contributed by atoms with E-state index in [0.29, 0.717) is 19.1 Å². The second-order valence-corrected chi connectivity index (χ2v) is 7.00. The molecule has 0 fully saturated rings. The van der Waals surface area contributed by atoms with E-state index in [1.807, 2.05) is 62.8 Å². The number of rotatable bonds is 10. The van der Waals surface area contributed by atoms with Crippen molar-refractivity contribution in [3.8, 4) is 17.0 Å². The van der Waals surface area contributed by atoms with Crippen molar-refractivity contribution >= 4 is 11.6 Å². The molecule has 2 aromatic heterocycles. The Labute approximate surface area is 172 Å². The van der Waals surface area contributed by atoms with Gasteiger partial charge in [0.1, 0.15) is 12.4 Å². The fourth-order valence-corrected chi connectivity index (χ4v) is 2.70. The van der Waals surface area contributed by atoms with Gasteiger partial charge >= 0.3 is 0 Å². The average Bonchev–Trinajstić information content (AvgIpc) is 2.74. The second-order valence-electron chi connectivity index (χ2n) is 7.00. The number of nitrogens with one attached hydrogen (secondary N) is 1. The lowest BCUT2D eigenvalue weighted by atomic mass is 10.1. The van der Waals surface area contributed by atoms with Gasteiger partial charge in [0.15, 0.2) is 0 Å². The summed E-state index contributed by atoms with van der Waals surface area (Å²) in [6.07, 6.45) is 5.42. The van der Waals surface area contributed by atoms with Gasteiger partial charge in [-0.1, -0.05) is 0 Å². The number of likely N-dealkylation sites (N-methyl/N-ethyl adjacent to an activating group) is 1. The number of hydrogen-bond acceptors (Lipinski definition) is 7. The molecule has 0 spiro atoms. The predicted molar refractivity (Wildman–Crippen MR) is 116 cm³/mol. The number of ether oxygens (including phenoxy) is 1. The monoisotopic (exact) mass is 392 g/mol. The smallest absolute Gasteiger partial charge is 0.227 e. The summed E-state index contributed by atoms with van der Waals surface area (Å²) in [6, 6.07) is 13.7. The minimum absolute atomic E-state index is 0.538. The maximum Gasteiger partial charge on any atom is 0.227 e. The summed E-state index contributed by atoms with van der Waals surface area (Å²) in [4.78, 5) is 15.5. The largest absolute Gasteiger partial charge is 0.492 e. The molecular weight excluding hydrogens is 364 g/mol. The summed E-state index contributed by atoms with van der Waals surface area (Å²) in [5.41, 5.74) is 9.28. The molecule has 7 nitrogen and oxygen atoms in total. The van der Waals surface area contributed by atoms with Crippen LogP contribution in [0.1, 0.15) is 12.1 Å². The van der Waals surface area contributed by atoms with Crippen LogP contribution in [-0.4, -0.2) is 53.6 Å². The quantitative estimate of drug-likeness (QED) is 0.548. The first-order chi connectivity index (χ1) is 14.1. The molecule has 0 aliphatic rings. The molecular formula is C22H28N6O. The summed E-state index contributed by atoms with van der Waals surface area (Å²) < 4.78 is 5.72. The van der Waals surface area contributed by atoms with Crippen LogP contribution in [0.2, 0.25) is 0 Å². The van der Waals surface area contributed by atoms with Crippen molar-refractivity contribution in [3.63, 3.8) is 0 Å². The van der Waals surface area contributed by atoms with Gasteiger partial charge in [-0.3, -0.25) is 4.98 Å². The van der Waals surface area contributed by atoms with Gasteiger partial charge in [-0.05, 0) is 75.9 Å². The summed E-state index contributed by atoms with van der Waals surface area (Å²) >= 11 is 0. The Balaban J connectivity index is 1.62. The highest BCUT2D eigenvalue weighted by molar-refractivity contribution is 5.61.